The molecule has 3 heterocycles. The van der Waals surface area contributed by atoms with Gasteiger partial charge in [-0.1, -0.05) is 6.07 Å². The summed E-state index contributed by atoms with van der Waals surface area (Å²) in [5.41, 5.74) is 1.35. The van der Waals surface area contributed by atoms with Crippen molar-refractivity contribution in [3.8, 4) is 23.0 Å². The minimum absolute atomic E-state index is 0.0317. The van der Waals surface area contributed by atoms with Crippen molar-refractivity contribution < 1.29 is 41.7 Å². The Balaban J connectivity index is 1.39. The number of aromatic carboxylic acids is 1. The number of fused-ring (bicyclic) bond motifs is 1. The molecule has 0 atom stereocenters. The van der Waals surface area contributed by atoms with Crippen LogP contribution in [0, 0.1) is 11.6 Å². The Kier molecular flexibility index (Phi) is 8.81. The lowest BCUT2D eigenvalue weighted by molar-refractivity contribution is -0.0539. The molecule has 1 N–H and O–H groups in total. The van der Waals surface area contributed by atoms with Crippen molar-refractivity contribution in [2.45, 2.75) is 26.2 Å². The van der Waals surface area contributed by atoms with Gasteiger partial charge in [-0.3, -0.25) is 0 Å². The first-order chi connectivity index (χ1) is 20.7. The Labute approximate surface area is 242 Å². The molecule has 0 fully saturated rings. The number of hydrogen-bond acceptors (Lipinski definition) is 7. The van der Waals surface area contributed by atoms with E-state index in [1.165, 1.54) is 55.8 Å². The number of rotatable bonds is 12. The van der Waals surface area contributed by atoms with E-state index in [1.807, 2.05) is 0 Å². The highest BCUT2D eigenvalue weighted by Gasteiger charge is 2.19. The third-order valence-electron chi connectivity index (χ3n) is 6.50. The van der Waals surface area contributed by atoms with E-state index in [0.29, 0.717) is 23.4 Å². The van der Waals surface area contributed by atoms with Crippen LogP contribution in [-0.2, 0) is 24.3 Å². The number of nitrogens with zero attached hydrogens (tertiary/aromatic N) is 4. The molecule has 0 unspecified atom stereocenters. The van der Waals surface area contributed by atoms with Crippen LogP contribution >= 0.6 is 0 Å². The average Bonchev–Trinajstić information content (AvgIpc) is 3.33. The Morgan fingerprint density at radius 3 is 2.60 bits per heavy atom. The SMILES string of the molecule is COCCn1c(Cc2cc(F)c(-c3cccc(OCc4cccnc4OC(F)F)n3)cc2F)nc2ccc(C(=O)O)cc21. The second-order valence-electron chi connectivity index (χ2n) is 9.28. The van der Waals surface area contributed by atoms with E-state index in [9.17, 15) is 18.7 Å². The molecule has 0 aliphatic heterocycles. The number of aromatic nitrogens is 4. The van der Waals surface area contributed by atoms with Gasteiger partial charge < -0.3 is 23.9 Å². The highest BCUT2D eigenvalue weighted by molar-refractivity contribution is 5.92. The summed E-state index contributed by atoms with van der Waals surface area (Å²) >= 11 is 0. The summed E-state index contributed by atoms with van der Waals surface area (Å²) in [6.45, 7) is -2.67. The van der Waals surface area contributed by atoms with E-state index in [4.69, 9.17) is 9.47 Å². The van der Waals surface area contributed by atoms with Crippen LogP contribution in [0.1, 0.15) is 27.3 Å². The monoisotopic (exact) mass is 596 g/mol. The molecule has 0 bridgehead atoms. The molecular formula is C30H24F4N4O5. The molecule has 3 aromatic heterocycles. The third-order valence-corrected chi connectivity index (χ3v) is 6.50. The lowest BCUT2D eigenvalue weighted by Gasteiger charge is -2.12. The smallest absolute Gasteiger partial charge is 0.388 e. The predicted octanol–water partition coefficient (Wildman–Crippen LogP) is 5.89. The van der Waals surface area contributed by atoms with Crippen LogP contribution < -0.4 is 9.47 Å². The Morgan fingerprint density at radius 2 is 1.84 bits per heavy atom. The second-order valence-corrected chi connectivity index (χ2v) is 9.28. The molecular weight excluding hydrogens is 572 g/mol. The largest absolute Gasteiger partial charge is 0.478 e. The zero-order valence-corrected chi connectivity index (χ0v) is 22.6. The van der Waals surface area contributed by atoms with Crippen LogP contribution in [0.4, 0.5) is 17.6 Å². The Hall–Kier alpha value is -5.04. The van der Waals surface area contributed by atoms with Crippen LogP contribution in [0.5, 0.6) is 11.8 Å². The maximum absolute atomic E-state index is 15.4. The number of imidazole rings is 1. The zero-order valence-electron chi connectivity index (χ0n) is 22.6. The number of methoxy groups -OCH3 is 1. The van der Waals surface area contributed by atoms with Crippen molar-refractivity contribution in [1.82, 2.24) is 19.5 Å². The van der Waals surface area contributed by atoms with Crippen molar-refractivity contribution in [3.63, 3.8) is 0 Å². The number of alkyl halides is 2. The second kappa shape index (κ2) is 12.9. The van der Waals surface area contributed by atoms with Gasteiger partial charge in [-0.15, -0.1) is 0 Å². The van der Waals surface area contributed by atoms with Crippen LogP contribution in [0.3, 0.4) is 0 Å². The number of halogens is 4. The number of ether oxygens (including phenoxy) is 3. The molecule has 0 aliphatic carbocycles. The van der Waals surface area contributed by atoms with Crippen molar-refractivity contribution in [3.05, 3.63) is 101 Å². The van der Waals surface area contributed by atoms with Crippen LogP contribution in [-0.4, -0.2) is 50.9 Å². The fraction of sp³-hybridized carbons (Fsp3) is 0.200. The number of carboxylic acids is 1. The molecule has 43 heavy (non-hydrogen) atoms. The first-order valence-corrected chi connectivity index (χ1v) is 12.9. The van der Waals surface area contributed by atoms with Gasteiger partial charge in [0.25, 0.3) is 0 Å². The summed E-state index contributed by atoms with van der Waals surface area (Å²) in [6.07, 6.45) is 1.22. The third kappa shape index (κ3) is 6.72. The Bertz CT molecular complexity index is 1780. The molecule has 222 valence electrons. The van der Waals surface area contributed by atoms with E-state index in [2.05, 4.69) is 19.7 Å². The average molecular weight is 597 g/mol. The first kappa shape index (κ1) is 29.5. The van der Waals surface area contributed by atoms with E-state index in [0.717, 1.165) is 12.1 Å². The molecule has 5 rings (SSSR count). The topological polar surface area (TPSA) is 109 Å². The van der Waals surface area contributed by atoms with Crippen molar-refractivity contribution in [1.29, 1.82) is 0 Å². The summed E-state index contributed by atoms with van der Waals surface area (Å²) in [4.78, 5) is 24.0. The molecule has 2 aromatic carbocycles. The van der Waals surface area contributed by atoms with Gasteiger partial charge in [0.1, 0.15) is 24.1 Å². The number of carbonyl (C=O) groups is 1. The molecule has 0 saturated heterocycles. The van der Waals surface area contributed by atoms with Crippen molar-refractivity contribution >= 4 is 17.0 Å². The maximum Gasteiger partial charge on any atom is 0.388 e. The zero-order chi connectivity index (χ0) is 30.5. The van der Waals surface area contributed by atoms with E-state index >= 15 is 8.78 Å². The van der Waals surface area contributed by atoms with Gasteiger partial charge >= 0.3 is 12.6 Å². The number of pyridine rings is 2. The van der Waals surface area contributed by atoms with Gasteiger partial charge in [0.15, 0.2) is 0 Å². The van der Waals surface area contributed by atoms with Gasteiger partial charge in [-0.2, -0.15) is 8.78 Å². The number of hydrogen-bond donors (Lipinski definition) is 1. The molecule has 13 heteroatoms. The number of carboxylic acid groups (broad SMARTS) is 1. The fourth-order valence-electron chi connectivity index (χ4n) is 4.48. The predicted molar refractivity (Wildman–Crippen MR) is 146 cm³/mol. The fourth-order valence-corrected chi connectivity index (χ4v) is 4.48. The minimum Gasteiger partial charge on any atom is -0.478 e. The quantitative estimate of drug-likeness (QED) is 0.178. The molecule has 0 radical (unpaired) electrons. The van der Waals surface area contributed by atoms with Gasteiger partial charge in [-0.25, -0.2) is 28.5 Å². The van der Waals surface area contributed by atoms with Crippen molar-refractivity contribution in [2.75, 3.05) is 13.7 Å². The van der Waals surface area contributed by atoms with E-state index < -0.39 is 24.2 Å². The molecule has 0 aliphatic rings. The van der Waals surface area contributed by atoms with Crippen molar-refractivity contribution in [2.24, 2.45) is 0 Å². The molecule has 0 saturated carbocycles. The molecule has 5 aromatic rings. The highest BCUT2D eigenvalue weighted by atomic mass is 19.3. The number of benzene rings is 2. The molecule has 0 amide bonds. The van der Waals surface area contributed by atoms with E-state index in [1.54, 1.807) is 10.6 Å². The van der Waals surface area contributed by atoms with Gasteiger partial charge in [0.2, 0.25) is 11.8 Å². The Morgan fingerprint density at radius 1 is 1.00 bits per heavy atom. The molecule has 0 spiro atoms. The van der Waals surface area contributed by atoms with E-state index in [-0.39, 0.29) is 59.3 Å². The lowest BCUT2D eigenvalue weighted by atomic mass is 10.0. The van der Waals surface area contributed by atoms with Gasteiger partial charge in [0.05, 0.1) is 34.5 Å². The standard InChI is InChI=1S/C30H24F4N4O5/c1-41-11-10-38-25-13-17(29(39)40)7-8-24(25)36-26(38)14-19-12-22(32)20(15-21(19)31)23-5-2-6-27(37-23)42-16-18-4-3-9-35-28(18)43-30(33)34/h2-9,12-13,15,30H,10-11,14,16H2,1H3,(H,39,40). The highest BCUT2D eigenvalue weighted by Crippen LogP contribution is 2.28. The summed E-state index contributed by atoms with van der Waals surface area (Å²) in [5, 5.41) is 9.39. The summed E-state index contributed by atoms with van der Waals surface area (Å²) in [5.74, 6) is -2.40. The minimum atomic E-state index is -3.06. The molecule has 9 nitrogen and oxygen atoms in total. The van der Waals surface area contributed by atoms with Gasteiger partial charge in [-0.05, 0) is 54.1 Å². The first-order valence-electron chi connectivity index (χ1n) is 12.9. The van der Waals surface area contributed by atoms with Crippen LogP contribution in [0.15, 0.2) is 66.9 Å². The van der Waals surface area contributed by atoms with Gasteiger partial charge in [0, 0.05) is 37.9 Å². The van der Waals surface area contributed by atoms with Crippen LogP contribution in [0.25, 0.3) is 22.3 Å². The van der Waals surface area contributed by atoms with Crippen LogP contribution in [0.2, 0.25) is 0 Å². The maximum atomic E-state index is 15.4. The normalized spacial score (nSPS) is 11.3. The summed E-state index contributed by atoms with van der Waals surface area (Å²) in [6, 6.07) is 14.1. The summed E-state index contributed by atoms with van der Waals surface area (Å²) in [7, 11) is 1.52. The summed E-state index contributed by atoms with van der Waals surface area (Å²) < 4.78 is 73.0. The lowest BCUT2D eigenvalue weighted by Crippen LogP contribution is -2.10.